The van der Waals surface area contributed by atoms with E-state index in [2.05, 4.69) is 5.32 Å². The smallest absolute Gasteiger partial charge is 0.258 e. The van der Waals surface area contributed by atoms with E-state index < -0.39 is 15.9 Å². The first-order chi connectivity index (χ1) is 20.8. The van der Waals surface area contributed by atoms with Gasteiger partial charge in [-0.1, -0.05) is 36.4 Å². The maximum Gasteiger partial charge on any atom is 0.258 e. The largest absolute Gasteiger partial charge is 0.497 e. The van der Waals surface area contributed by atoms with Crippen LogP contribution in [0.15, 0.2) is 102 Å². The van der Waals surface area contributed by atoms with Crippen molar-refractivity contribution in [1.82, 2.24) is 4.31 Å². The first-order valence-electron chi connectivity index (χ1n) is 13.9. The lowest BCUT2D eigenvalue weighted by atomic mass is 10.1. The average molecular weight is 600 g/mol. The van der Waals surface area contributed by atoms with Gasteiger partial charge in [0.1, 0.15) is 11.5 Å². The first kappa shape index (κ1) is 29.8. The topological polar surface area (TPSA) is 105 Å². The van der Waals surface area contributed by atoms with Crippen LogP contribution in [0.1, 0.15) is 21.5 Å². The second-order valence-electron chi connectivity index (χ2n) is 10.1. The highest BCUT2D eigenvalue weighted by molar-refractivity contribution is 7.89. The van der Waals surface area contributed by atoms with Crippen molar-refractivity contribution in [3.8, 4) is 11.5 Å². The van der Waals surface area contributed by atoms with E-state index >= 15 is 0 Å². The number of fused-ring (bicyclic) bond motifs is 1. The van der Waals surface area contributed by atoms with Crippen molar-refractivity contribution in [3.63, 3.8) is 0 Å². The van der Waals surface area contributed by atoms with E-state index in [9.17, 15) is 18.0 Å². The number of rotatable bonds is 11. The fraction of sp³-hybridized carbons (Fsp3) is 0.212. The Balaban J connectivity index is 1.33. The van der Waals surface area contributed by atoms with E-state index in [1.165, 1.54) is 23.5 Å². The number of nitrogens with one attached hydrogen (secondary N) is 1. The molecule has 0 bridgehead atoms. The molecule has 4 aromatic carbocycles. The number of benzene rings is 4. The van der Waals surface area contributed by atoms with E-state index in [4.69, 9.17) is 9.47 Å². The molecule has 1 aliphatic heterocycles. The standard InChI is InChI=1S/C33H33N3O6S/c1-41-28-12-9-26(10-13-28)33(38)36-21-19-25-8-11-27(22-31(25)36)34-32(37)23-35(20-18-24-6-4-3-5-7-24)43(39,40)30-16-14-29(42-2)15-17-30/h3-17,22H,18-21,23H2,1-2H3,(H,34,37). The SMILES string of the molecule is COc1ccc(C(=O)N2CCc3ccc(NC(=O)CN(CCc4ccccc4)S(=O)(=O)c4ccc(OC)cc4)cc32)cc1. The Hall–Kier alpha value is -4.67. The van der Waals surface area contributed by atoms with Crippen LogP contribution in [0.4, 0.5) is 11.4 Å². The molecule has 5 rings (SSSR count). The molecule has 4 aromatic rings. The van der Waals surface area contributed by atoms with Gasteiger partial charge < -0.3 is 19.7 Å². The van der Waals surface area contributed by atoms with Gasteiger partial charge in [0.05, 0.1) is 25.7 Å². The summed E-state index contributed by atoms with van der Waals surface area (Å²) in [6.45, 7) is 0.248. The molecule has 1 N–H and O–H groups in total. The van der Waals surface area contributed by atoms with Gasteiger partial charge in [0.25, 0.3) is 5.91 Å². The van der Waals surface area contributed by atoms with E-state index in [0.29, 0.717) is 47.8 Å². The van der Waals surface area contributed by atoms with Gasteiger partial charge in [-0.15, -0.1) is 0 Å². The van der Waals surface area contributed by atoms with Gasteiger partial charge in [-0.3, -0.25) is 9.59 Å². The van der Waals surface area contributed by atoms with Crippen LogP contribution in [-0.4, -0.2) is 58.4 Å². The maximum atomic E-state index is 13.6. The highest BCUT2D eigenvalue weighted by Gasteiger charge is 2.28. The number of nitrogens with zero attached hydrogens (tertiary/aromatic N) is 2. The van der Waals surface area contributed by atoms with Crippen LogP contribution in [0.3, 0.4) is 0 Å². The molecular weight excluding hydrogens is 566 g/mol. The van der Waals surface area contributed by atoms with E-state index in [1.807, 2.05) is 36.4 Å². The summed E-state index contributed by atoms with van der Waals surface area (Å²) < 4.78 is 38.8. The predicted molar refractivity (Wildman–Crippen MR) is 165 cm³/mol. The van der Waals surface area contributed by atoms with Crippen LogP contribution in [0.5, 0.6) is 11.5 Å². The molecule has 0 atom stereocenters. The second-order valence-corrected chi connectivity index (χ2v) is 12.0. The minimum Gasteiger partial charge on any atom is -0.497 e. The third-order valence-electron chi connectivity index (χ3n) is 7.36. The molecule has 0 aliphatic carbocycles. The number of hydrogen-bond donors (Lipinski definition) is 1. The van der Waals surface area contributed by atoms with Gasteiger partial charge in [-0.25, -0.2) is 8.42 Å². The summed E-state index contributed by atoms with van der Waals surface area (Å²) in [7, 11) is -0.917. The first-order valence-corrected chi connectivity index (χ1v) is 15.3. The van der Waals surface area contributed by atoms with Gasteiger partial charge in [0.15, 0.2) is 0 Å². The molecule has 10 heteroatoms. The monoisotopic (exact) mass is 599 g/mol. The lowest BCUT2D eigenvalue weighted by Crippen LogP contribution is -2.39. The van der Waals surface area contributed by atoms with Crippen LogP contribution in [0.2, 0.25) is 0 Å². The van der Waals surface area contributed by atoms with Crippen molar-refractivity contribution >= 4 is 33.2 Å². The summed E-state index contributed by atoms with van der Waals surface area (Å²) in [6.07, 6.45) is 1.13. The maximum absolute atomic E-state index is 13.6. The Morgan fingerprint density at radius 1 is 0.860 bits per heavy atom. The Kier molecular flexibility index (Phi) is 9.08. The molecular formula is C33H33N3O6S. The number of carbonyl (C=O) groups excluding carboxylic acids is 2. The number of ether oxygens (including phenoxy) is 2. The lowest BCUT2D eigenvalue weighted by molar-refractivity contribution is -0.116. The van der Waals surface area contributed by atoms with Crippen LogP contribution in [0, 0.1) is 0 Å². The number of anilines is 2. The van der Waals surface area contributed by atoms with Crippen molar-refractivity contribution in [1.29, 1.82) is 0 Å². The molecule has 1 aliphatic rings. The predicted octanol–water partition coefficient (Wildman–Crippen LogP) is 4.78. The normalized spacial score (nSPS) is 12.6. The van der Waals surface area contributed by atoms with Crippen molar-refractivity contribution in [2.45, 2.75) is 17.7 Å². The summed E-state index contributed by atoms with van der Waals surface area (Å²) in [4.78, 5) is 28.3. The Labute approximate surface area is 251 Å². The van der Waals surface area contributed by atoms with Crippen LogP contribution in [-0.2, 0) is 27.7 Å². The van der Waals surface area contributed by atoms with Crippen LogP contribution in [0.25, 0.3) is 0 Å². The van der Waals surface area contributed by atoms with Gasteiger partial charge in [0.2, 0.25) is 15.9 Å². The fourth-order valence-corrected chi connectivity index (χ4v) is 6.39. The molecule has 0 fully saturated rings. The molecule has 0 saturated carbocycles. The summed E-state index contributed by atoms with van der Waals surface area (Å²) in [5.74, 6) is 0.553. The number of sulfonamides is 1. The quantitative estimate of drug-likeness (QED) is 0.266. The zero-order valence-electron chi connectivity index (χ0n) is 24.0. The van der Waals surface area contributed by atoms with E-state index in [0.717, 1.165) is 11.1 Å². The van der Waals surface area contributed by atoms with Gasteiger partial charge in [-0.2, -0.15) is 4.31 Å². The molecule has 1 heterocycles. The molecule has 9 nitrogen and oxygen atoms in total. The highest BCUT2D eigenvalue weighted by Crippen LogP contribution is 2.32. The van der Waals surface area contributed by atoms with Crippen LogP contribution >= 0.6 is 0 Å². The number of carbonyl (C=O) groups is 2. The van der Waals surface area contributed by atoms with Crippen molar-refractivity contribution in [2.75, 3.05) is 44.1 Å². The van der Waals surface area contributed by atoms with E-state index in [1.54, 1.807) is 60.5 Å². The van der Waals surface area contributed by atoms with Crippen molar-refractivity contribution < 1.29 is 27.5 Å². The van der Waals surface area contributed by atoms with E-state index in [-0.39, 0.29) is 23.9 Å². The zero-order valence-corrected chi connectivity index (χ0v) is 24.8. The average Bonchev–Trinajstić information content (AvgIpc) is 3.46. The Morgan fingerprint density at radius 3 is 2.16 bits per heavy atom. The number of methoxy groups -OCH3 is 2. The minimum atomic E-state index is -3.99. The van der Waals surface area contributed by atoms with Gasteiger partial charge in [-0.05, 0) is 84.6 Å². The van der Waals surface area contributed by atoms with Crippen molar-refractivity contribution in [3.05, 3.63) is 114 Å². The third-order valence-corrected chi connectivity index (χ3v) is 9.22. The fourth-order valence-electron chi connectivity index (χ4n) is 5.00. The molecule has 222 valence electrons. The molecule has 0 radical (unpaired) electrons. The Bertz CT molecular complexity index is 1690. The summed E-state index contributed by atoms with van der Waals surface area (Å²) >= 11 is 0. The molecule has 0 aromatic heterocycles. The zero-order chi connectivity index (χ0) is 30.4. The lowest BCUT2D eigenvalue weighted by Gasteiger charge is -2.22. The molecule has 0 saturated heterocycles. The third kappa shape index (κ3) is 6.87. The summed E-state index contributed by atoms with van der Waals surface area (Å²) in [5.41, 5.74) is 3.67. The van der Waals surface area contributed by atoms with Crippen molar-refractivity contribution in [2.24, 2.45) is 0 Å². The number of hydrogen-bond acceptors (Lipinski definition) is 6. The second kappa shape index (κ2) is 13.1. The van der Waals surface area contributed by atoms with Gasteiger partial charge >= 0.3 is 0 Å². The molecule has 43 heavy (non-hydrogen) atoms. The Morgan fingerprint density at radius 2 is 1.51 bits per heavy atom. The molecule has 2 amide bonds. The summed E-state index contributed by atoms with van der Waals surface area (Å²) in [5, 5.41) is 2.84. The summed E-state index contributed by atoms with van der Waals surface area (Å²) in [6, 6.07) is 27.9. The van der Waals surface area contributed by atoms with Gasteiger partial charge in [0, 0.05) is 30.0 Å². The number of amides is 2. The minimum absolute atomic E-state index is 0.0689. The highest BCUT2D eigenvalue weighted by atomic mass is 32.2. The molecule has 0 unspecified atom stereocenters. The molecule has 0 spiro atoms. The van der Waals surface area contributed by atoms with Crippen LogP contribution < -0.4 is 19.7 Å².